The number of phenolic OH excluding ortho intramolecular Hbond substituents is 1. The van der Waals surface area contributed by atoms with E-state index < -0.39 is 0 Å². The van der Waals surface area contributed by atoms with Crippen molar-refractivity contribution in [2.75, 3.05) is 0 Å². The maximum absolute atomic E-state index is 9.92. The summed E-state index contributed by atoms with van der Waals surface area (Å²) in [6.45, 7) is 0. The molecule has 1 N–H and O–H groups in total. The molecule has 5 heteroatoms. The van der Waals surface area contributed by atoms with E-state index >= 15 is 0 Å². The summed E-state index contributed by atoms with van der Waals surface area (Å²) >= 11 is 9.27. The third kappa shape index (κ3) is 3.06. The molecule has 0 unspecified atom stereocenters. The lowest BCUT2D eigenvalue weighted by atomic mass is 10.2. The van der Waals surface area contributed by atoms with Crippen molar-refractivity contribution in [3.05, 3.63) is 63.7 Å². The van der Waals surface area contributed by atoms with Gasteiger partial charge in [0.15, 0.2) is 0 Å². The van der Waals surface area contributed by atoms with Crippen LogP contribution in [0.5, 0.6) is 5.75 Å². The van der Waals surface area contributed by atoms with Crippen LogP contribution in [0.25, 0.3) is 10.9 Å². The van der Waals surface area contributed by atoms with Gasteiger partial charge in [0, 0.05) is 27.8 Å². The van der Waals surface area contributed by atoms with Crippen LogP contribution in [0.4, 0.5) is 5.69 Å². The normalized spacial score (nSPS) is 11.3. The fourth-order valence-corrected chi connectivity index (χ4v) is 2.81. The van der Waals surface area contributed by atoms with Gasteiger partial charge in [-0.1, -0.05) is 33.6 Å². The number of aromatic hydroxyl groups is 1. The van der Waals surface area contributed by atoms with E-state index in [1.165, 1.54) is 0 Å². The summed E-state index contributed by atoms with van der Waals surface area (Å²) in [5.74, 6) is 0.0195. The van der Waals surface area contributed by atoms with Crippen LogP contribution in [-0.4, -0.2) is 16.3 Å². The van der Waals surface area contributed by atoms with Crippen molar-refractivity contribution in [2.45, 2.75) is 0 Å². The zero-order chi connectivity index (χ0) is 14.8. The Hall–Kier alpha value is -1.91. The van der Waals surface area contributed by atoms with Gasteiger partial charge in [-0.2, -0.15) is 0 Å². The number of hydrogen-bond donors (Lipinski definition) is 1. The van der Waals surface area contributed by atoms with E-state index in [0.717, 1.165) is 21.1 Å². The second kappa shape index (κ2) is 5.84. The first-order valence-corrected chi connectivity index (χ1v) is 7.37. The Morgan fingerprint density at radius 3 is 2.90 bits per heavy atom. The molecule has 0 spiro atoms. The van der Waals surface area contributed by atoms with Gasteiger partial charge in [0.05, 0.1) is 16.2 Å². The van der Waals surface area contributed by atoms with Gasteiger partial charge in [0.25, 0.3) is 0 Å². The van der Waals surface area contributed by atoms with E-state index in [0.29, 0.717) is 5.56 Å². The molecule has 0 atom stereocenters. The van der Waals surface area contributed by atoms with Crippen LogP contribution in [-0.2, 0) is 0 Å². The van der Waals surface area contributed by atoms with Crippen LogP contribution in [0.3, 0.4) is 0 Å². The number of pyridine rings is 1. The summed E-state index contributed by atoms with van der Waals surface area (Å²) in [7, 11) is 0. The Morgan fingerprint density at radius 2 is 2.05 bits per heavy atom. The van der Waals surface area contributed by atoms with Gasteiger partial charge in [0.2, 0.25) is 0 Å². The van der Waals surface area contributed by atoms with E-state index in [2.05, 4.69) is 25.9 Å². The van der Waals surface area contributed by atoms with Crippen molar-refractivity contribution in [1.82, 2.24) is 4.98 Å². The zero-order valence-electron chi connectivity index (χ0n) is 10.8. The van der Waals surface area contributed by atoms with Crippen LogP contribution in [0.1, 0.15) is 5.56 Å². The lowest BCUT2D eigenvalue weighted by molar-refractivity contribution is 0.474. The molecule has 0 radical (unpaired) electrons. The number of nitrogens with zero attached hydrogens (tertiary/aromatic N) is 2. The molecule has 0 saturated carbocycles. The number of rotatable bonds is 2. The van der Waals surface area contributed by atoms with Gasteiger partial charge in [0.1, 0.15) is 5.75 Å². The molecule has 0 aliphatic rings. The first kappa shape index (κ1) is 14.0. The summed E-state index contributed by atoms with van der Waals surface area (Å²) in [5.41, 5.74) is 2.26. The number of halogens is 2. The van der Waals surface area contributed by atoms with Crippen LogP contribution in [0.2, 0.25) is 5.02 Å². The molecule has 21 heavy (non-hydrogen) atoms. The van der Waals surface area contributed by atoms with E-state index in [9.17, 15) is 5.11 Å². The minimum Gasteiger partial charge on any atom is -0.506 e. The smallest absolute Gasteiger partial charge is 0.143 e. The van der Waals surface area contributed by atoms with Crippen molar-refractivity contribution in [3.8, 4) is 5.75 Å². The maximum atomic E-state index is 9.92. The molecule has 1 heterocycles. The monoisotopic (exact) mass is 360 g/mol. The average Bonchev–Trinajstić information content (AvgIpc) is 2.49. The van der Waals surface area contributed by atoms with Crippen LogP contribution in [0.15, 0.2) is 58.1 Å². The van der Waals surface area contributed by atoms with Crippen molar-refractivity contribution < 1.29 is 5.11 Å². The third-order valence-electron chi connectivity index (χ3n) is 3.00. The molecule has 0 saturated heterocycles. The number of aliphatic imine (C=N–C) groups is 1. The van der Waals surface area contributed by atoms with Crippen molar-refractivity contribution >= 4 is 50.3 Å². The number of phenols is 1. The molecule has 0 amide bonds. The molecule has 104 valence electrons. The molecule has 2 aromatic carbocycles. The highest BCUT2D eigenvalue weighted by Crippen LogP contribution is 2.30. The zero-order valence-corrected chi connectivity index (χ0v) is 13.1. The van der Waals surface area contributed by atoms with Gasteiger partial charge in [-0.15, -0.1) is 0 Å². The van der Waals surface area contributed by atoms with Crippen LogP contribution in [0, 0.1) is 0 Å². The van der Waals surface area contributed by atoms with Gasteiger partial charge in [-0.25, -0.2) is 0 Å². The molecule has 1 aromatic heterocycles. The summed E-state index contributed by atoms with van der Waals surface area (Å²) < 4.78 is 0.787. The molecule has 3 aromatic rings. The Kier molecular flexibility index (Phi) is 3.90. The average molecular weight is 362 g/mol. The van der Waals surface area contributed by atoms with Crippen LogP contribution >= 0.6 is 27.5 Å². The topological polar surface area (TPSA) is 45.5 Å². The lowest BCUT2D eigenvalue weighted by Crippen LogP contribution is -1.84. The predicted octanol–water partition coefficient (Wildman–Crippen LogP) is 5.11. The molecule has 0 aliphatic heterocycles. The minimum atomic E-state index is 0.0195. The van der Waals surface area contributed by atoms with Gasteiger partial charge < -0.3 is 5.11 Å². The largest absolute Gasteiger partial charge is 0.506 e. The molecule has 3 nitrogen and oxygen atoms in total. The molecule has 0 aliphatic carbocycles. The Balaban J connectivity index is 1.98. The molecular formula is C16H10BrClN2O. The molecular weight excluding hydrogens is 352 g/mol. The van der Waals surface area contributed by atoms with E-state index in [-0.39, 0.29) is 10.8 Å². The van der Waals surface area contributed by atoms with Crippen molar-refractivity contribution in [1.29, 1.82) is 0 Å². The number of aromatic nitrogens is 1. The SMILES string of the molecule is Oc1c(Cl)cc(Br)cc1C=Nc1ccc2ncccc2c1. The van der Waals surface area contributed by atoms with E-state index in [1.54, 1.807) is 24.5 Å². The number of fused-ring (bicyclic) bond motifs is 1. The second-order valence-corrected chi connectivity index (χ2v) is 5.79. The molecule has 3 rings (SSSR count). The summed E-state index contributed by atoms with van der Waals surface area (Å²) in [6.07, 6.45) is 3.34. The standard InChI is InChI=1S/C16H10BrClN2O/c17-12-6-11(16(21)14(18)8-12)9-20-13-3-4-15-10(7-13)2-1-5-19-15/h1-9,21H. The van der Waals surface area contributed by atoms with Crippen molar-refractivity contribution in [3.63, 3.8) is 0 Å². The number of benzene rings is 2. The lowest BCUT2D eigenvalue weighted by Gasteiger charge is -2.03. The van der Waals surface area contributed by atoms with Crippen LogP contribution < -0.4 is 0 Å². The Morgan fingerprint density at radius 1 is 1.19 bits per heavy atom. The fourth-order valence-electron chi connectivity index (χ4n) is 1.97. The van der Waals surface area contributed by atoms with Gasteiger partial charge in [-0.3, -0.25) is 9.98 Å². The predicted molar refractivity (Wildman–Crippen MR) is 89.8 cm³/mol. The number of hydrogen-bond acceptors (Lipinski definition) is 3. The van der Waals surface area contributed by atoms with Gasteiger partial charge >= 0.3 is 0 Å². The second-order valence-electron chi connectivity index (χ2n) is 4.46. The first-order valence-electron chi connectivity index (χ1n) is 6.20. The highest BCUT2D eigenvalue weighted by Gasteiger charge is 2.05. The fraction of sp³-hybridized carbons (Fsp3) is 0. The summed E-state index contributed by atoms with van der Waals surface area (Å²) in [5, 5.41) is 11.2. The Labute approximate surface area is 135 Å². The van der Waals surface area contributed by atoms with Gasteiger partial charge in [-0.05, 0) is 36.4 Å². The third-order valence-corrected chi connectivity index (χ3v) is 3.74. The first-order chi connectivity index (χ1) is 10.1. The van der Waals surface area contributed by atoms with E-state index in [4.69, 9.17) is 11.6 Å². The highest BCUT2D eigenvalue weighted by atomic mass is 79.9. The summed E-state index contributed by atoms with van der Waals surface area (Å²) in [6, 6.07) is 13.0. The minimum absolute atomic E-state index is 0.0195. The highest BCUT2D eigenvalue weighted by molar-refractivity contribution is 9.10. The Bertz CT molecular complexity index is 849. The van der Waals surface area contributed by atoms with E-state index in [1.807, 2.05) is 30.3 Å². The quantitative estimate of drug-likeness (QED) is 0.645. The van der Waals surface area contributed by atoms with Crippen molar-refractivity contribution in [2.24, 2.45) is 4.99 Å². The molecule has 0 fully saturated rings. The molecule has 0 bridgehead atoms. The summed E-state index contributed by atoms with van der Waals surface area (Å²) in [4.78, 5) is 8.64. The maximum Gasteiger partial charge on any atom is 0.143 e.